The first-order valence-electron chi connectivity index (χ1n) is 5.91. The molecule has 100 valence electrons. The van der Waals surface area contributed by atoms with Gasteiger partial charge < -0.3 is 5.73 Å². The number of rotatable bonds is 2. The maximum Gasteiger partial charge on any atom is 0.131 e. The molecule has 0 fully saturated rings. The van der Waals surface area contributed by atoms with Gasteiger partial charge in [-0.2, -0.15) is 0 Å². The van der Waals surface area contributed by atoms with E-state index < -0.39 is 17.5 Å². The molecule has 0 aromatic heterocycles. The van der Waals surface area contributed by atoms with Gasteiger partial charge in [-0.15, -0.1) is 0 Å². The lowest BCUT2D eigenvalue weighted by Gasteiger charge is -2.11. The summed E-state index contributed by atoms with van der Waals surface area (Å²) in [7, 11) is 0. The van der Waals surface area contributed by atoms with Crippen LogP contribution >= 0.6 is 0 Å². The van der Waals surface area contributed by atoms with E-state index >= 15 is 0 Å². The van der Waals surface area contributed by atoms with Crippen molar-refractivity contribution in [3.8, 4) is 11.1 Å². The predicted molar refractivity (Wildman–Crippen MR) is 69.1 cm³/mol. The minimum absolute atomic E-state index is 0.0196. The monoisotopic (exact) mass is 265 g/mol. The normalized spacial score (nSPS) is 12.5. The van der Waals surface area contributed by atoms with Crippen LogP contribution in [0.15, 0.2) is 30.3 Å². The van der Waals surface area contributed by atoms with Crippen LogP contribution in [-0.4, -0.2) is 0 Å². The predicted octanol–water partition coefficient (Wildman–Crippen LogP) is 4.10. The van der Waals surface area contributed by atoms with E-state index in [-0.39, 0.29) is 22.7 Å². The molecule has 4 heteroatoms. The Kier molecular flexibility index (Phi) is 3.62. The summed E-state index contributed by atoms with van der Waals surface area (Å²) in [4.78, 5) is 0. The van der Waals surface area contributed by atoms with Crippen LogP contribution in [0.1, 0.15) is 24.1 Å². The van der Waals surface area contributed by atoms with E-state index in [2.05, 4.69) is 0 Å². The zero-order valence-electron chi connectivity index (χ0n) is 10.7. The van der Waals surface area contributed by atoms with Crippen LogP contribution in [0.5, 0.6) is 0 Å². The second-order valence-corrected chi connectivity index (χ2v) is 4.61. The van der Waals surface area contributed by atoms with Gasteiger partial charge >= 0.3 is 0 Å². The highest BCUT2D eigenvalue weighted by Crippen LogP contribution is 2.29. The molecular formula is C15H14F3N. The standard InChI is InChI=1S/C15H14F3N/c1-8-5-15(18)12(7-14(8)17)11-6-10(9(2)19)3-4-13(11)16/h3-7,9H,19H2,1-2H3. The van der Waals surface area contributed by atoms with E-state index in [9.17, 15) is 13.2 Å². The van der Waals surface area contributed by atoms with Gasteiger partial charge in [0, 0.05) is 17.2 Å². The minimum atomic E-state index is -0.653. The van der Waals surface area contributed by atoms with Gasteiger partial charge in [-0.1, -0.05) is 6.07 Å². The Morgan fingerprint density at radius 2 is 1.53 bits per heavy atom. The van der Waals surface area contributed by atoms with Gasteiger partial charge in [-0.25, -0.2) is 13.2 Å². The van der Waals surface area contributed by atoms with E-state index in [1.807, 2.05) is 0 Å². The molecule has 0 amide bonds. The van der Waals surface area contributed by atoms with Crippen molar-refractivity contribution < 1.29 is 13.2 Å². The highest BCUT2D eigenvalue weighted by molar-refractivity contribution is 5.66. The fourth-order valence-electron chi connectivity index (χ4n) is 1.89. The number of benzene rings is 2. The maximum atomic E-state index is 13.9. The van der Waals surface area contributed by atoms with Crippen molar-refractivity contribution >= 4 is 0 Å². The molecule has 0 aliphatic heterocycles. The number of hydrogen-bond donors (Lipinski definition) is 1. The fraction of sp³-hybridized carbons (Fsp3) is 0.200. The molecule has 0 aliphatic carbocycles. The van der Waals surface area contributed by atoms with E-state index in [4.69, 9.17) is 5.73 Å². The van der Waals surface area contributed by atoms with Crippen LogP contribution in [0.4, 0.5) is 13.2 Å². The van der Waals surface area contributed by atoms with Crippen molar-refractivity contribution in [1.82, 2.24) is 0 Å². The molecule has 0 heterocycles. The second-order valence-electron chi connectivity index (χ2n) is 4.61. The van der Waals surface area contributed by atoms with Gasteiger partial charge in [0.15, 0.2) is 0 Å². The Morgan fingerprint density at radius 1 is 0.895 bits per heavy atom. The average Bonchev–Trinajstić information content (AvgIpc) is 2.34. The SMILES string of the molecule is Cc1cc(F)c(-c2cc(C(C)N)ccc2F)cc1F. The molecule has 2 rings (SSSR count). The highest BCUT2D eigenvalue weighted by atomic mass is 19.1. The molecule has 1 nitrogen and oxygen atoms in total. The first-order valence-corrected chi connectivity index (χ1v) is 5.91. The maximum absolute atomic E-state index is 13.9. The number of nitrogens with two attached hydrogens (primary N) is 1. The van der Waals surface area contributed by atoms with Crippen molar-refractivity contribution in [3.05, 3.63) is 58.9 Å². The Balaban J connectivity index is 2.64. The lowest BCUT2D eigenvalue weighted by atomic mass is 9.98. The number of hydrogen-bond acceptors (Lipinski definition) is 1. The summed E-state index contributed by atoms with van der Waals surface area (Å²) in [6.07, 6.45) is 0. The van der Waals surface area contributed by atoms with E-state index in [1.165, 1.54) is 25.1 Å². The van der Waals surface area contributed by atoms with Crippen molar-refractivity contribution in [2.24, 2.45) is 5.73 Å². The zero-order chi connectivity index (χ0) is 14.2. The Bertz CT molecular complexity index is 621. The molecule has 0 aliphatic rings. The van der Waals surface area contributed by atoms with Crippen LogP contribution in [0.25, 0.3) is 11.1 Å². The summed E-state index contributed by atoms with van der Waals surface area (Å²) in [6, 6.07) is 5.96. The van der Waals surface area contributed by atoms with Crippen LogP contribution < -0.4 is 5.73 Å². The highest BCUT2D eigenvalue weighted by Gasteiger charge is 2.14. The van der Waals surface area contributed by atoms with Crippen molar-refractivity contribution in [2.75, 3.05) is 0 Å². The first-order chi connectivity index (χ1) is 8.90. The third-order valence-electron chi connectivity index (χ3n) is 3.05. The summed E-state index contributed by atoms with van der Waals surface area (Å²) < 4.78 is 41.2. The summed E-state index contributed by atoms with van der Waals surface area (Å²) in [5.41, 5.74) is 6.49. The third kappa shape index (κ3) is 2.63. The number of halogens is 3. The topological polar surface area (TPSA) is 26.0 Å². The lowest BCUT2D eigenvalue weighted by molar-refractivity contribution is 0.591. The molecule has 0 saturated heterocycles. The smallest absolute Gasteiger partial charge is 0.131 e. The molecule has 0 spiro atoms. The minimum Gasteiger partial charge on any atom is -0.324 e. The quantitative estimate of drug-likeness (QED) is 0.869. The van der Waals surface area contributed by atoms with Gasteiger partial charge in [0.05, 0.1) is 0 Å². The van der Waals surface area contributed by atoms with Crippen molar-refractivity contribution in [2.45, 2.75) is 19.9 Å². The van der Waals surface area contributed by atoms with Crippen molar-refractivity contribution in [1.29, 1.82) is 0 Å². The zero-order valence-corrected chi connectivity index (χ0v) is 10.7. The Labute approximate surface area is 109 Å². The van der Waals surface area contributed by atoms with Gasteiger partial charge in [-0.05, 0) is 49.2 Å². The van der Waals surface area contributed by atoms with E-state index in [0.717, 1.165) is 12.1 Å². The molecule has 19 heavy (non-hydrogen) atoms. The Hall–Kier alpha value is -1.81. The molecule has 0 bridgehead atoms. The third-order valence-corrected chi connectivity index (χ3v) is 3.05. The molecule has 0 saturated carbocycles. The van der Waals surface area contributed by atoms with Crippen LogP contribution in [0, 0.1) is 24.4 Å². The van der Waals surface area contributed by atoms with Gasteiger partial charge in [0.25, 0.3) is 0 Å². The molecule has 2 aromatic rings. The molecule has 2 N–H and O–H groups in total. The number of aryl methyl sites for hydroxylation is 1. The van der Waals surface area contributed by atoms with Gasteiger partial charge in [-0.3, -0.25) is 0 Å². The van der Waals surface area contributed by atoms with Crippen LogP contribution in [0.2, 0.25) is 0 Å². The summed E-state index contributed by atoms with van der Waals surface area (Å²) in [5.74, 6) is -1.83. The Morgan fingerprint density at radius 3 is 2.16 bits per heavy atom. The van der Waals surface area contributed by atoms with Crippen LogP contribution in [-0.2, 0) is 0 Å². The molecule has 1 unspecified atom stereocenters. The summed E-state index contributed by atoms with van der Waals surface area (Å²) in [5, 5.41) is 0. The largest absolute Gasteiger partial charge is 0.324 e. The van der Waals surface area contributed by atoms with Crippen LogP contribution in [0.3, 0.4) is 0 Å². The first kappa shape index (κ1) is 13.6. The van der Waals surface area contributed by atoms with E-state index in [0.29, 0.717) is 5.56 Å². The van der Waals surface area contributed by atoms with Crippen molar-refractivity contribution in [3.63, 3.8) is 0 Å². The molecule has 0 radical (unpaired) electrons. The summed E-state index contributed by atoms with van der Waals surface area (Å²) >= 11 is 0. The van der Waals surface area contributed by atoms with E-state index in [1.54, 1.807) is 6.92 Å². The lowest BCUT2D eigenvalue weighted by Crippen LogP contribution is -2.05. The summed E-state index contributed by atoms with van der Waals surface area (Å²) in [6.45, 7) is 3.19. The molecule has 1 atom stereocenters. The second kappa shape index (κ2) is 5.05. The van der Waals surface area contributed by atoms with Gasteiger partial charge in [0.1, 0.15) is 17.5 Å². The fourth-order valence-corrected chi connectivity index (χ4v) is 1.89. The molecule has 2 aromatic carbocycles. The van der Waals surface area contributed by atoms with Gasteiger partial charge in [0.2, 0.25) is 0 Å². The average molecular weight is 265 g/mol. The molecular weight excluding hydrogens is 251 g/mol.